The molecule has 1 N–H and O–H groups in total. The van der Waals surface area contributed by atoms with Crippen LogP contribution < -0.4 is 19.5 Å². The van der Waals surface area contributed by atoms with E-state index in [0.29, 0.717) is 43.2 Å². The molecule has 2 aromatic rings. The molecule has 6 nitrogen and oxygen atoms in total. The van der Waals surface area contributed by atoms with E-state index in [9.17, 15) is 9.59 Å². The molecule has 6 heteroatoms. The number of benzene rings is 2. The molecule has 0 bridgehead atoms. The van der Waals surface area contributed by atoms with E-state index in [0.717, 1.165) is 11.3 Å². The highest BCUT2D eigenvalue weighted by Crippen LogP contribution is 2.31. The van der Waals surface area contributed by atoms with Crippen molar-refractivity contribution >= 4 is 11.7 Å². The summed E-state index contributed by atoms with van der Waals surface area (Å²) in [7, 11) is 1.63. The largest absolute Gasteiger partial charge is 0.496 e. The fourth-order valence-corrected chi connectivity index (χ4v) is 2.92. The van der Waals surface area contributed by atoms with Gasteiger partial charge in [0.25, 0.3) is 0 Å². The first-order valence-electron chi connectivity index (χ1n) is 8.99. The van der Waals surface area contributed by atoms with E-state index < -0.39 is 0 Å². The Hall–Kier alpha value is -3.02. The van der Waals surface area contributed by atoms with Crippen LogP contribution in [0, 0.1) is 0 Å². The molecule has 142 valence electrons. The first-order valence-corrected chi connectivity index (χ1v) is 8.99. The Kier molecular flexibility index (Phi) is 6.30. The van der Waals surface area contributed by atoms with Gasteiger partial charge in [-0.05, 0) is 36.2 Å². The van der Waals surface area contributed by atoms with Crippen LogP contribution in [0.15, 0.2) is 42.5 Å². The van der Waals surface area contributed by atoms with E-state index in [4.69, 9.17) is 14.2 Å². The lowest BCUT2D eigenvalue weighted by atomic mass is 10.1. The average Bonchev–Trinajstić information content (AvgIpc) is 2.72. The molecule has 3 rings (SSSR count). The maximum Gasteiger partial charge on any atom is 0.220 e. The topological polar surface area (TPSA) is 73.9 Å². The zero-order chi connectivity index (χ0) is 19.1. The van der Waals surface area contributed by atoms with Gasteiger partial charge in [-0.1, -0.05) is 18.2 Å². The molecule has 0 radical (unpaired) electrons. The van der Waals surface area contributed by atoms with Gasteiger partial charge in [0.2, 0.25) is 5.91 Å². The predicted molar refractivity (Wildman–Crippen MR) is 101 cm³/mol. The second-order valence-electron chi connectivity index (χ2n) is 6.19. The van der Waals surface area contributed by atoms with E-state index in [1.54, 1.807) is 25.3 Å². The molecule has 0 atom stereocenters. The number of ketones is 1. The molecule has 1 heterocycles. The van der Waals surface area contributed by atoms with E-state index in [2.05, 4.69) is 5.32 Å². The van der Waals surface area contributed by atoms with Crippen LogP contribution in [0.3, 0.4) is 0 Å². The highest BCUT2D eigenvalue weighted by Gasteiger charge is 2.15. The van der Waals surface area contributed by atoms with Gasteiger partial charge < -0.3 is 19.5 Å². The van der Waals surface area contributed by atoms with Gasteiger partial charge in [0.05, 0.1) is 7.11 Å². The van der Waals surface area contributed by atoms with E-state index in [1.165, 1.54) is 0 Å². The standard InChI is InChI=1S/C21H23NO5/c1-25-18-5-3-2-4-15(18)10-11-22-21(24)9-7-17(23)16-6-8-19-20(14-16)27-13-12-26-19/h2-6,8,14H,7,9-13H2,1H3,(H,22,24). The molecule has 1 amide bonds. The lowest BCUT2D eigenvalue weighted by molar-refractivity contribution is -0.121. The summed E-state index contributed by atoms with van der Waals surface area (Å²) < 4.78 is 16.2. The summed E-state index contributed by atoms with van der Waals surface area (Å²) in [5.74, 6) is 1.79. The van der Waals surface area contributed by atoms with Crippen LogP contribution in [0.2, 0.25) is 0 Å². The Morgan fingerprint density at radius 1 is 1.04 bits per heavy atom. The maximum atomic E-state index is 12.3. The highest BCUT2D eigenvalue weighted by molar-refractivity contribution is 5.98. The number of rotatable bonds is 8. The minimum Gasteiger partial charge on any atom is -0.496 e. The Balaban J connectivity index is 1.44. The Bertz CT molecular complexity index is 818. The van der Waals surface area contributed by atoms with Gasteiger partial charge in [-0.3, -0.25) is 9.59 Å². The van der Waals surface area contributed by atoms with Gasteiger partial charge in [0.1, 0.15) is 19.0 Å². The molecule has 0 spiro atoms. The number of Topliss-reactive ketones (excluding diaryl/α,β-unsaturated/α-hetero) is 1. The molecule has 0 saturated carbocycles. The van der Waals surface area contributed by atoms with Crippen LogP contribution in [-0.4, -0.2) is 38.6 Å². The number of nitrogens with one attached hydrogen (secondary N) is 1. The van der Waals surface area contributed by atoms with Gasteiger partial charge in [-0.25, -0.2) is 0 Å². The zero-order valence-corrected chi connectivity index (χ0v) is 15.3. The predicted octanol–water partition coefficient (Wildman–Crippen LogP) is 2.79. The first kappa shape index (κ1) is 18.8. The van der Waals surface area contributed by atoms with Gasteiger partial charge in [-0.2, -0.15) is 0 Å². The summed E-state index contributed by atoms with van der Waals surface area (Å²) in [5, 5.41) is 2.85. The van der Waals surface area contributed by atoms with Crippen molar-refractivity contribution in [3.05, 3.63) is 53.6 Å². The molecule has 2 aromatic carbocycles. The summed E-state index contributed by atoms with van der Waals surface area (Å²) in [5.41, 5.74) is 1.56. The third-order valence-electron chi connectivity index (χ3n) is 4.35. The molecular formula is C21H23NO5. The monoisotopic (exact) mass is 369 g/mol. The van der Waals surface area contributed by atoms with Crippen molar-refractivity contribution in [2.24, 2.45) is 0 Å². The number of ether oxygens (including phenoxy) is 3. The Morgan fingerprint density at radius 3 is 2.63 bits per heavy atom. The number of amides is 1. The number of methoxy groups -OCH3 is 1. The fraction of sp³-hybridized carbons (Fsp3) is 0.333. The van der Waals surface area contributed by atoms with Crippen molar-refractivity contribution in [1.29, 1.82) is 0 Å². The quantitative estimate of drug-likeness (QED) is 0.725. The van der Waals surface area contributed by atoms with Crippen LogP contribution in [-0.2, 0) is 11.2 Å². The molecule has 0 saturated heterocycles. The van der Waals surface area contributed by atoms with Crippen molar-refractivity contribution in [1.82, 2.24) is 5.32 Å². The lowest BCUT2D eigenvalue weighted by Crippen LogP contribution is -2.26. The van der Waals surface area contributed by atoms with Gasteiger partial charge in [0, 0.05) is 24.9 Å². The minimum absolute atomic E-state index is 0.0909. The van der Waals surface area contributed by atoms with Crippen LogP contribution in [0.5, 0.6) is 17.2 Å². The number of carbonyl (C=O) groups excluding carboxylic acids is 2. The van der Waals surface area contributed by atoms with E-state index in [1.807, 2.05) is 24.3 Å². The van der Waals surface area contributed by atoms with Gasteiger partial charge >= 0.3 is 0 Å². The van der Waals surface area contributed by atoms with Crippen molar-refractivity contribution < 1.29 is 23.8 Å². The number of para-hydroxylation sites is 1. The van der Waals surface area contributed by atoms with E-state index >= 15 is 0 Å². The smallest absolute Gasteiger partial charge is 0.220 e. The van der Waals surface area contributed by atoms with Crippen molar-refractivity contribution in [2.45, 2.75) is 19.3 Å². The molecular weight excluding hydrogens is 346 g/mol. The average molecular weight is 369 g/mol. The number of carbonyl (C=O) groups is 2. The number of hydrogen-bond acceptors (Lipinski definition) is 5. The zero-order valence-electron chi connectivity index (χ0n) is 15.3. The summed E-state index contributed by atoms with van der Waals surface area (Å²) in [6.45, 7) is 1.48. The van der Waals surface area contributed by atoms with Crippen LogP contribution in [0.1, 0.15) is 28.8 Å². The van der Waals surface area contributed by atoms with E-state index in [-0.39, 0.29) is 24.5 Å². The Labute approximate surface area is 158 Å². The van der Waals surface area contributed by atoms with Crippen LogP contribution >= 0.6 is 0 Å². The second kappa shape index (κ2) is 9.07. The SMILES string of the molecule is COc1ccccc1CCNC(=O)CCC(=O)c1ccc2c(c1)OCCO2. The summed E-state index contributed by atoms with van der Waals surface area (Å²) >= 11 is 0. The van der Waals surface area contributed by atoms with Crippen molar-refractivity contribution in [3.63, 3.8) is 0 Å². The summed E-state index contributed by atoms with van der Waals surface area (Å²) in [4.78, 5) is 24.3. The molecule has 27 heavy (non-hydrogen) atoms. The third kappa shape index (κ3) is 5.00. The second-order valence-corrected chi connectivity index (χ2v) is 6.19. The molecule has 0 aliphatic carbocycles. The minimum atomic E-state index is -0.143. The highest BCUT2D eigenvalue weighted by atomic mass is 16.6. The maximum absolute atomic E-state index is 12.3. The first-order chi connectivity index (χ1) is 13.2. The van der Waals surface area contributed by atoms with Gasteiger partial charge in [0.15, 0.2) is 17.3 Å². The van der Waals surface area contributed by atoms with Crippen LogP contribution in [0.4, 0.5) is 0 Å². The molecule has 1 aliphatic rings. The Morgan fingerprint density at radius 2 is 1.81 bits per heavy atom. The fourth-order valence-electron chi connectivity index (χ4n) is 2.92. The van der Waals surface area contributed by atoms with Crippen LogP contribution in [0.25, 0.3) is 0 Å². The summed E-state index contributed by atoms with van der Waals surface area (Å²) in [6, 6.07) is 12.8. The molecule has 0 unspecified atom stereocenters. The molecule has 0 aromatic heterocycles. The number of hydrogen-bond donors (Lipinski definition) is 1. The van der Waals surface area contributed by atoms with Crippen molar-refractivity contribution in [3.8, 4) is 17.2 Å². The number of fused-ring (bicyclic) bond motifs is 1. The van der Waals surface area contributed by atoms with Gasteiger partial charge in [-0.15, -0.1) is 0 Å². The summed E-state index contributed by atoms with van der Waals surface area (Å²) in [6.07, 6.45) is 0.977. The van der Waals surface area contributed by atoms with Crippen molar-refractivity contribution in [2.75, 3.05) is 26.9 Å². The normalized spacial score (nSPS) is 12.3. The molecule has 0 fully saturated rings. The lowest BCUT2D eigenvalue weighted by Gasteiger charge is -2.18. The third-order valence-corrected chi connectivity index (χ3v) is 4.35. The molecule has 1 aliphatic heterocycles.